The number of sulfonamides is 1. The van der Waals surface area contributed by atoms with Gasteiger partial charge in [-0.05, 0) is 67.6 Å². The predicted molar refractivity (Wildman–Crippen MR) is 98.0 cm³/mol. The Labute approximate surface area is 144 Å². The first kappa shape index (κ1) is 18.4. The first-order chi connectivity index (χ1) is 11.1. The van der Waals surface area contributed by atoms with Crippen molar-refractivity contribution in [3.05, 3.63) is 52.2 Å². The van der Waals surface area contributed by atoms with E-state index in [0.29, 0.717) is 4.90 Å². The molecule has 24 heavy (non-hydrogen) atoms. The Bertz CT molecular complexity index is 833. The fourth-order valence-corrected chi connectivity index (χ4v) is 4.28. The van der Waals surface area contributed by atoms with Gasteiger partial charge in [0.25, 0.3) is 0 Å². The highest BCUT2D eigenvalue weighted by Gasteiger charge is 2.21. The summed E-state index contributed by atoms with van der Waals surface area (Å²) in [5, 5.41) is 0. The lowest BCUT2D eigenvalue weighted by Crippen LogP contribution is -2.25. The summed E-state index contributed by atoms with van der Waals surface area (Å²) in [4.78, 5) is 6.52. The van der Waals surface area contributed by atoms with Gasteiger partial charge in [-0.15, -0.1) is 0 Å². The number of hydrogen-bond acceptors (Lipinski definition) is 4. The Morgan fingerprint density at radius 3 is 2.17 bits per heavy atom. The van der Waals surface area contributed by atoms with Crippen LogP contribution in [0.4, 0.5) is 5.82 Å². The van der Waals surface area contributed by atoms with Gasteiger partial charge in [0.1, 0.15) is 5.82 Å². The molecule has 0 atom stereocenters. The minimum Gasteiger partial charge on any atom is -0.363 e. The van der Waals surface area contributed by atoms with E-state index in [4.69, 9.17) is 0 Å². The minimum atomic E-state index is -3.58. The van der Waals surface area contributed by atoms with Crippen molar-refractivity contribution >= 4 is 15.8 Å². The number of pyridine rings is 1. The molecule has 1 N–H and O–H groups in total. The molecule has 0 aliphatic carbocycles. The van der Waals surface area contributed by atoms with Gasteiger partial charge in [0, 0.05) is 26.8 Å². The summed E-state index contributed by atoms with van der Waals surface area (Å²) in [6.07, 6.45) is 1.69. The van der Waals surface area contributed by atoms with E-state index in [-0.39, 0.29) is 6.54 Å². The van der Waals surface area contributed by atoms with Crippen LogP contribution < -0.4 is 9.62 Å². The molecule has 0 amide bonds. The summed E-state index contributed by atoms with van der Waals surface area (Å²) >= 11 is 0. The maximum Gasteiger partial charge on any atom is 0.241 e. The normalized spacial score (nSPS) is 11.6. The standard InChI is InChI=1S/C18H25N3O2S/c1-12-9-13(2)15(4)18(14(12)3)24(22,23)20-11-16-7-8-19-17(10-16)21(5)6/h7-10,20H,11H2,1-6H3. The number of benzene rings is 1. The quantitative estimate of drug-likeness (QED) is 0.903. The SMILES string of the molecule is Cc1cc(C)c(C)c(S(=O)(=O)NCc2ccnc(N(C)C)c2)c1C. The first-order valence-electron chi connectivity index (χ1n) is 7.83. The van der Waals surface area contributed by atoms with Crippen LogP contribution in [-0.4, -0.2) is 27.5 Å². The van der Waals surface area contributed by atoms with Crippen LogP contribution in [0, 0.1) is 27.7 Å². The van der Waals surface area contributed by atoms with E-state index in [0.717, 1.165) is 33.6 Å². The minimum absolute atomic E-state index is 0.234. The lowest BCUT2D eigenvalue weighted by Gasteiger charge is -2.17. The molecule has 0 radical (unpaired) electrons. The van der Waals surface area contributed by atoms with E-state index >= 15 is 0 Å². The molecule has 1 aromatic heterocycles. The van der Waals surface area contributed by atoms with Crippen LogP contribution in [0.2, 0.25) is 0 Å². The van der Waals surface area contributed by atoms with Crippen molar-refractivity contribution in [2.45, 2.75) is 39.1 Å². The predicted octanol–water partition coefficient (Wildman–Crippen LogP) is 2.86. The van der Waals surface area contributed by atoms with Gasteiger partial charge in [-0.2, -0.15) is 0 Å². The Hall–Kier alpha value is -1.92. The lowest BCUT2D eigenvalue weighted by atomic mass is 10.0. The number of aryl methyl sites for hydroxylation is 2. The highest BCUT2D eigenvalue weighted by Crippen LogP contribution is 2.26. The zero-order chi connectivity index (χ0) is 18.1. The lowest BCUT2D eigenvalue weighted by molar-refractivity contribution is 0.579. The van der Waals surface area contributed by atoms with E-state index in [1.807, 2.05) is 64.9 Å². The number of anilines is 1. The molecule has 0 saturated heterocycles. The molecule has 0 aliphatic rings. The third-order valence-electron chi connectivity index (χ3n) is 4.30. The Morgan fingerprint density at radius 2 is 1.62 bits per heavy atom. The van der Waals surface area contributed by atoms with Crippen molar-refractivity contribution in [2.24, 2.45) is 0 Å². The maximum atomic E-state index is 12.8. The van der Waals surface area contributed by atoms with Crippen LogP contribution in [0.1, 0.15) is 27.8 Å². The van der Waals surface area contributed by atoms with Gasteiger partial charge in [0.05, 0.1) is 4.90 Å². The molecule has 0 fully saturated rings. The number of nitrogens with zero attached hydrogens (tertiary/aromatic N) is 2. The molecule has 1 aromatic carbocycles. The van der Waals surface area contributed by atoms with Crippen LogP contribution in [0.3, 0.4) is 0 Å². The zero-order valence-electron chi connectivity index (χ0n) is 15.1. The molecule has 0 saturated carbocycles. The molecule has 0 bridgehead atoms. The molecule has 0 unspecified atom stereocenters. The van der Waals surface area contributed by atoms with E-state index < -0.39 is 10.0 Å². The molecule has 0 aliphatic heterocycles. The molecule has 1 heterocycles. The number of rotatable bonds is 5. The topological polar surface area (TPSA) is 62.3 Å². The Morgan fingerprint density at radius 1 is 1.04 bits per heavy atom. The van der Waals surface area contributed by atoms with Gasteiger partial charge in [-0.25, -0.2) is 18.1 Å². The third kappa shape index (κ3) is 3.76. The van der Waals surface area contributed by atoms with E-state index in [1.54, 1.807) is 6.20 Å². The number of nitrogens with one attached hydrogen (secondary N) is 1. The van der Waals surface area contributed by atoms with Gasteiger partial charge in [0.15, 0.2) is 0 Å². The number of hydrogen-bond donors (Lipinski definition) is 1. The molecular formula is C18H25N3O2S. The van der Waals surface area contributed by atoms with Crippen molar-refractivity contribution in [3.8, 4) is 0 Å². The van der Waals surface area contributed by atoms with Gasteiger partial charge in [-0.3, -0.25) is 0 Å². The number of aromatic nitrogens is 1. The van der Waals surface area contributed by atoms with E-state index in [9.17, 15) is 8.42 Å². The fraction of sp³-hybridized carbons (Fsp3) is 0.389. The smallest absolute Gasteiger partial charge is 0.241 e. The van der Waals surface area contributed by atoms with E-state index in [2.05, 4.69) is 9.71 Å². The zero-order valence-corrected chi connectivity index (χ0v) is 16.0. The second kappa shape index (κ2) is 6.91. The fourth-order valence-electron chi connectivity index (χ4n) is 2.65. The highest BCUT2D eigenvalue weighted by atomic mass is 32.2. The third-order valence-corrected chi connectivity index (χ3v) is 5.97. The van der Waals surface area contributed by atoms with Gasteiger partial charge < -0.3 is 4.90 Å². The average molecular weight is 347 g/mol. The highest BCUT2D eigenvalue weighted by molar-refractivity contribution is 7.89. The maximum absolute atomic E-state index is 12.8. The summed E-state index contributed by atoms with van der Waals surface area (Å²) in [6.45, 7) is 7.82. The summed E-state index contributed by atoms with van der Waals surface area (Å²) in [5.41, 5.74) is 4.44. The Kier molecular flexibility index (Phi) is 5.30. The van der Waals surface area contributed by atoms with Gasteiger partial charge in [-0.1, -0.05) is 6.07 Å². The summed E-state index contributed by atoms with van der Waals surface area (Å²) in [7, 11) is 0.221. The van der Waals surface area contributed by atoms with Crippen LogP contribution in [-0.2, 0) is 16.6 Å². The molecule has 130 valence electrons. The molecule has 0 spiro atoms. The van der Waals surface area contributed by atoms with Gasteiger partial charge >= 0.3 is 0 Å². The molecule has 2 rings (SSSR count). The van der Waals surface area contributed by atoms with E-state index in [1.165, 1.54) is 0 Å². The second-order valence-corrected chi connectivity index (χ2v) is 8.03. The van der Waals surface area contributed by atoms with Crippen molar-refractivity contribution in [3.63, 3.8) is 0 Å². The summed E-state index contributed by atoms with van der Waals surface area (Å²) < 4.78 is 28.4. The summed E-state index contributed by atoms with van der Waals surface area (Å²) in [6, 6.07) is 5.72. The molecule has 5 nitrogen and oxygen atoms in total. The monoisotopic (exact) mass is 347 g/mol. The van der Waals surface area contributed by atoms with Crippen LogP contribution >= 0.6 is 0 Å². The van der Waals surface area contributed by atoms with Crippen LogP contribution in [0.5, 0.6) is 0 Å². The molecular weight excluding hydrogens is 322 g/mol. The molecule has 2 aromatic rings. The van der Waals surface area contributed by atoms with Crippen LogP contribution in [0.25, 0.3) is 0 Å². The van der Waals surface area contributed by atoms with Crippen molar-refractivity contribution < 1.29 is 8.42 Å². The largest absolute Gasteiger partial charge is 0.363 e. The van der Waals surface area contributed by atoms with Gasteiger partial charge in [0.2, 0.25) is 10.0 Å². The molecule has 6 heteroatoms. The van der Waals surface area contributed by atoms with Crippen LogP contribution in [0.15, 0.2) is 29.3 Å². The first-order valence-corrected chi connectivity index (χ1v) is 9.31. The van der Waals surface area contributed by atoms with Crippen molar-refractivity contribution in [1.29, 1.82) is 0 Å². The van der Waals surface area contributed by atoms with Crippen molar-refractivity contribution in [2.75, 3.05) is 19.0 Å². The van der Waals surface area contributed by atoms with Crippen molar-refractivity contribution in [1.82, 2.24) is 9.71 Å². The summed E-state index contributed by atoms with van der Waals surface area (Å²) in [5.74, 6) is 0.797. The Balaban J connectivity index is 2.32. The average Bonchev–Trinajstić information content (AvgIpc) is 2.51. The second-order valence-electron chi connectivity index (χ2n) is 6.33.